The first-order valence-corrected chi connectivity index (χ1v) is 5.46. The number of methoxy groups -OCH3 is 1. The number of aldehydes is 1. The van der Waals surface area contributed by atoms with Crippen LogP contribution in [0, 0.1) is 11.3 Å². The van der Waals surface area contributed by atoms with E-state index >= 15 is 0 Å². The summed E-state index contributed by atoms with van der Waals surface area (Å²) >= 11 is 3.03. The lowest BCUT2D eigenvalue weighted by molar-refractivity contribution is 0.102. The van der Waals surface area contributed by atoms with Crippen LogP contribution in [0.1, 0.15) is 26.3 Å². The van der Waals surface area contributed by atoms with E-state index in [4.69, 9.17) is 10.00 Å². The molecule has 0 bridgehead atoms. The monoisotopic (exact) mass is 281 g/mol. The molecular formula is C11H8BrNO3. The zero-order chi connectivity index (χ0) is 12.1. The van der Waals surface area contributed by atoms with Crippen LogP contribution < -0.4 is 4.74 Å². The van der Waals surface area contributed by atoms with Crippen LogP contribution in [-0.4, -0.2) is 24.5 Å². The molecule has 1 rings (SSSR count). The zero-order valence-electron chi connectivity index (χ0n) is 8.49. The van der Waals surface area contributed by atoms with Gasteiger partial charge in [0.25, 0.3) is 0 Å². The molecule has 0 aromatic heterocycles. The lowest BCUT2D eigenvalue weighted by Crippen LogP contribution is -2.06. The van der Waals surface area contributed by atoms with Crippen LogP contribution in [0.4, 0.5) is 0 Å². The van der Waals surface area contributed by atoms with E-state index in [1.165, 1.54) is 19.2 Å². The minimum Gasteiger partial charge on any atom is -0.495 e. The van der Waals surface area contributed by atoms with Crippen molar-refractivity contribution in [1.29, 1.82) is 5.26 Å². The second kappa shape index (κ2) is 5.42. The van der Waals surface area contributed by atoms with Crippen LogP contribution in [0.2, 0.25) is 0 Å². The molecule has 0 atom stereocenters. The van der Waals surface area contributed by atoms with Gasteiger partial charge in [0.15, 0.2) is 12.1 Å². The molecule has 0 saturated heterocycles. The Bertz CT molecular complexity index is 477. The van der Waals surface area contributed by atoms with Gasteiger partial charge in [-0.3, -0.25) is 9.59 Å². The number of nitriles is 1. The van der Waals surface area contributed by atoms with Crippen molar-refractivity contribution in [2.45, 2.75) is 0 Å². The molecule has 16 heavy (non-hydrogen) atoms. The molecule has 0 spiro atoms. The van der Waals surface area contributed by atoms with Gasteiger partial charge in [-0.25, -0.2) is 0 Å². The fourth-order valence-electron chi connectivity index (χ4n) is 1.31. The predicted molar refractivity (Wildman–Crippen MR) is 61.2 cm³/mol. The molecule has 1 aromatic rings. The standard InChI is InChI=1S/C11H8BrNO3/c1-16-11-8(6-14)2-7(5-13)3-9(11)10(15)4-12/h2-3,6H,4H2,1H3. The number of Topliss-reactive ketones (excluding diaryl/α,β-unsaturated/α-hetero) is 1. The van der Waals surface area contributed by atoms with E-state index < -0.39 is 0 Å². The van der Waals surface area contributed by atoms with Gasteiger partial charge >= 0.3 is 0 Å². The molecule has 0 aliphatic carbocycles. The summed E-state index contributed by atoms with van der Waals surface area (Å²) < 4.78 is 5.01. The van der Waals surface area contributed by atoms with E-state index in [9.17, 15) is 9.59 Å². The molecule has 0 heterocycles. The molecule has 0 saturated carbocycles. The number of ether oxygens (including phenoxy) is 1. The highest BCUT2D eigenvalue weighted by molar-refractivity contribution is 9.09. The highest BCUT2D eigenvalue weighted by atomic mass is 79.9. The lowest BCUT2D eigenvalue weighted by Gasteiger charge is -2.09. The van der Waals surface area contributed by atoms with E-state index in [1.54, 1.807) is 0 Å². The van der Waals surface area contributed by atoms with E-state index in [0.29, 0.717) is 6.29 Å². The van der Waals surface area contributed by atoms with Crippen LogP contribution in [0.5, 0.6) is 5.75 Å². The Morgan fingerprint density at radius 1 is 1.62 bits per heavy atom. The van der Waals surface area contributed by atoms with Crippen molar-refractivity contribution in [3.05, 3.63) is 28.8 Å². The van der Waals surface area contributed by atoms with Crippen molar-refractivity contribution in [3.63, 3.8) is 0 Å². The number of nitrogens with zero attached hydrogens (tertiary/aromatic N) is 1. The Labute approximate surface area is 101 Å². The summed E-state index contributed by atoms with van der Waals surface area (Å²) in [6.45, 7) is 0. The SMILES string of the molecule is COc1c(C=O)cc(C#N)cc1C(=O)CBr. The molecular weight excluding hydrogens is 274 g/mol. The Morgan fingerprint density at radius 3 is 2.75 bits per heavy atom. The van der Waals surface area contributed by atoms with Gasteiger partial charge in [-0.2, -0.15) is 5.26 Å². The summed E-state index contributed by atoms with van der Waals surface area (Å²) in [6, 6.07) is 4.69. The smallest absolute Gasteiger partial charge is 0.177 e. The summed E-state index contributed by atoms with van der Waals surface area (Å²) in [5.74, 6) is -0.0319. The van der Waals surface area contributed by atoms with Gasteiger partial charge in [0.1, 0.15) is 5.75 Å². The van der Waals surface area contributed by atoms with Gasteiger partial charge in [-0.05, 0) is 12.1 Å². The maximum atomic E-state index is 11.6. The van der Waals surface area contributed by atoms with Gasteiger partial charge < -0.3 is 4.74 Å². The molecule has 0 aliphatic heterocycles. The Kier molecular flexibility index (Phi) is 4.20. The van der Waals surface area contributed by atoms with Crippen molar-refractivity contribution in [3.8, 4) is 11.8 Å². The molecule has 0 N–H and O–H groups in total. The average Bonchev–Trinajstić information content (AvgIpc) is 2.35. The minimum absolute atomic E-state index is 0.108. The van der Waals surface area contributed by atoms with Crippen LogP contribution >= 0.6 is 15.9 Å². The van der Waals surface area contributed by atoms with E-state index in [2.05, 4.69) is 15.9 Å². The molecule has 82 valence electrons. The van der Waals surface area contributed by atoms with Gasteiger partial charge in [0.05, 0.1) is 35.2 Å². The van der Waals surface area contributed by atoms with Crippen molar-refractivity contribution in [2.24, 2.45) is 0 Å². The normalized spacial score (nSPS) is 9.31. The third kappa shape index (κ3) is 2.28. The fraction of sp³-hybridized carbons (Fsp3) is 0.182. The highest BCUT2D eigenvalue weighted by Crippen LogP contribution is 2.25. The van der Waals surface area contributed by atoms with E-state index in [-0.39, 0.29) is 33.6 Å². The number of carbonyl (C=O) groups is 2. The lowest BCUT2D eigenvalue weighted by atomic mass is 10.0. The predicted octanol–water partition coefficient (Wildman–Crippen LogP) is 1.96. The average molecular weight is 282 g/mol. The van der Waals surface area contributed by atoms with Crippen LogP contribution in [0.3, 0.4) is 0 Å². The van der Waals surface area contributed by atoms with Crippen molar-refractivity contribution in [1.82, 2.24) is 0 Å². The Morgan fingerprint density at radius 2 is 2.31 bits per heavy atom. The summed E-state index contributed by atoms with van der Waals surface area (Å²) in [5.41, 5.74) is 0.693. The van der Waals surface area contributed by atoms with Crippen molar-refractivity contribution >= 4 is 28.0 Å². The van der Waals surface area contributed by atoms with Gasteiger partial charge in [0, 0.05) is 0 Å². The zero-order valence-corrected chi connectivity index (χ0v) is 10.1. The van der Waals surface area contributed by atoms with Gasteiger partial charge in [0.2, 0.25) is 0 Å². The summed E-state index contributed by atoms with van der Waals surface area (Å²) in [5, 5.41) is 8.88. The Hall–Kier alpha value is -1.67. The molecule has 4 nitrogen and oxygen atoms in total. The number of hydrogen-bond acceptors (Lipinski definition) is 4. The third-order valence-electron chi connectivity index (χ3n) is 2.00. The third-order valence-corrected chi connectivity index (χ3v) is 2.51. The van der Waals surface area contributed by atoms with E-state index in [1.807, 2.05) is 6.07 Å². The first-order valence-electron chi connectivity index (χ1n) is 4.34. The maximum Gasteiger partial charge on any atom is 0.177 e. The molecule has 0 radical (unpaired) electrons. The second-order valence-electron chi connectivity index (χ2n) is 2.93. The van der Waals surface area contributed by atoms with Crippen molar-refractivity contribution in [2.75, 3.05) is 12.4 Å². The largest absolute Gasteiger partial charge is 0.495 e. The number of alkyl halides is 1. The summed E-state index contributed by atoms with van der Waals surface area (Å²) in [6.07, 6.45) is 0.560. The number of halogens is 1. The summed E-state index contributed by atoms with van der Waals surface area (Å²) in [4.78, 5) is 22.4. The highest BCUT2D eigenvalue weighted by Gasteiger charge is 2.16. The molecule has 0 amide bonds. The fourth-order valence-corrected chi connectivity index (χ4v) is 1.61. The summed E-state index contributed by atoms with van der Waals surface area (Å²) in [7, 11) is 1.37. The van der Waals surface area contributed by atoms with E-state index in [0.717, 1.165) is 0 Å². The second-order valence-corrected chi connectivity index (χ2v) is 3.49. The number of hydrogen-bond donors (Lipinski definition) is 0. The molecule has 1 aromatic carbocycles. The quantitative estimate of drug-likeness (QED) is 0.481. The number of carbonyl (C=O) groups excluding carboxylic acids is 2. The number of ketones is 1. The first kappa shape index (κ1) is 12.4. The van der Waals surface area contributed by atoms with Crippen LogP contribution in [-0.2, 0) is 0 Å². The molecule has 0 aliphatic rings. The topological polar surface area (TPSA) is 67.2 Å². The number of benzene rings is 1. The first-order chi connectivity index (χ1) is 7.67. The molecule has 5 heteroatoms. The maximum absolute atomic E-state index is 11.6. The van der Waals surface area contributed by atoms with Crippen LogP contribution in [0.25, 0.3) is 0 Å². The van der Waals surface area contributed by atoms with Crippen molar-refractivity contribution < 1.29 is 14.3 Å². The minimum atomic E-state index is -0.239. The van der Waals surface area contributed by atoms with Gasteiger partial charge in [-0.15, -0.1) is 0 Å². The molecule has 0 unspecified atom stereocenters. The number of rotatable bonds is 4. The molecule has 0 fully saturated rings. The van der Waals surface area contributed by atoms with Crippen LogP contribution in [0.15, 0.2) is 12.1 Å². The Balaban J connectivity index is 3.50. The van der Waals surface area contributed by atoms with Gasteiger partial charge in [-0.1, -0.05) is 15.9 Å².